The zero-order valence-corrected chi connectivity index (χ0v) is 8.49. The lowest BCUT2D eigenvalue weighted by Crippen LogP contribution is -2.17. The first-order chi connectivity index (χ1) is 6.14. The van der Waals surface area contributed by atoms with Crippen molar-refractivity contribution in [2.24, 2.45) is 5.92 Å². The van der Waals surface area contributed by atoms with Gasteiger partial charge in [-0.1, -0.05) is 39.0 Å². The Bertz CT molecular complexity index is 137. The minimum absolute atomic E-state index is 0.000278. The third kappa shape index (κ3) is 4.06. The molecule has 0 aromatic heterocycles. The van der Waals surface area contributed by atoms with E-state index >= 15 is 0 Å². The van der Waals surface area contributed by atoms with Crippen molar-refractivity contribution in [1.82, 2.24) is 0 Å². The molecule has 1 aliphatic rings. The summed E-state index contributed by atoms with van der Waals surface area (Å²) in [5.41, 5.74) is 0. The largest absolute Gasteiger partial charge is 0.247 e. The van der Waals surface area contributed by atoms with Crippen LogP contribution < -0.4 is 0 Å². The summed E-state index contributed by atoms with van der Waals surface area (Å²) in [6.07, 6.45) is 7.01. The number of halogens is 2. The molecule has 1 saturated carbocycles. The SMILES string of the molecule is CCC(F)(F)CCC1CCCCC1. The molecule has 0 nitrogen and oxygen atoms in total. The van der Waals surface area contributed by atoms with E-state index in [1.807, 2.05) is 0 Å². The molecule has 0 atom stereocenters. The Balaban J connectivity index is 2.17. The maximum absolute atomic E-state index is 12.9. The number of rotatable bonds is 4. The molecule has 0 heterocycles. The maximum Gasteiger partial charge on any atom is 0.247 e. The first-order valence-corrected chi connectivity index (χ1v) is 5.52. The Morgan fingerprint density at radius 2 is 1.77 bits per heavy atom. The Morgan fingerprint density at radius 3 is 2.31 bits per heavy atom. The van der Waals surface area contributed by atoms with Crippen molar-refractivity contribution in [3.8, 4) is 0 Å². The van der Waals surface area contributed by atoms with E-state index in [0.717, 1.165) is 6.42 Å². The van der Waals surface area contributed by atoms with Crippen LogP contribution in [-0.2, 0) is 0 Å². The van der Waals surface area contributed by atoms with Crippen LogP contribution in [0.5, 0.6) is 0 Å². The van der Waals surface area contributed by atoms with Crippen molar-refractivity contribution in [2.45, 2.75) is 64.2 Å². The molecule has 0 aromatic rings. The standard InChI is InChI=1S/C11H20F2/c1-2-11(12,13)9-8-10-6-4-3-5-7-10/h10H,2-9H2,1H3. The molecule has 0 radical (unpaired) electrons. The fourth-order valence-corrected chi connectivity index (χ4v) is 2.07. The lowest BCUT2D eigenvalue weighted by Gasteiger charge is -2.23. The van der Waals surface area contributed by atoms with Gasteiger partial charge in [-0.2, -0.15) is 0 Å². The quantitative estimate of drug-likeness (QED) is 0.616. The lowest BCUT2D eigenvalue weighted by atomic mass is 9.85. The van der Waals surface area contributed by atoms with Crippen molar-refractivity contribution >= 4 is 0 Å². The van der Waals surface area contributed by atoms with Gasteiger partial charge in [0.1, 0.15) is 0 Å². The zero-order valence-electron chi connectivity index (χ0n) is 8.49. The molecule has 78 valence electrons. The average Bonchev–Trinajstić information content (AvgIpc) is 2.17. The van der Waals surface area contributed by atoms with Gasteiger partial charge < -0.3 is 0 Å². The second-order valence-electron chi connectivity index (χ2n) is 4.25. The van der Waals surface area contributed by atoms with Crippen LogP contribution in [-0.4, -0.2) is 5.92 Å². The summed E-state index contributed by atoms with van der Waals surface area (Å²) in [6, 6.07) is 0. The van der Waals surface area contributed by atoms with Gasteiger partial charge in [0.15, 0.2) is 0 Å². The summed E-state index contributed by atoms with van der Waals surface area (Å²) in [4.78, 5) is 0. The Labute approximate surface area is 79.7 Å². The molecule has 0 spiro atoms. The van der Waals surface area contributed by atoms with E-state index in [2.05, 4.69) is 0 Å². The van der Waals surface area contributed by atoms with E-state index in [9.17, 15) is 8.78 Å². The van der Waals surface area contributed by atoms with E-state index in [-0.39, 0.29) is 12.8 Å². The van der Waals surface area contributed by atoms with Crippen molar-refractivity contribution in [1.29, 1.82) is 0 Å². The van der Waals surface area contributed by atoms with Gasteiger partial charge in [0, 0.05) is 12.8 Å². The minimum Gasteiger partial charge on any atom is -0.207 e. The molecule has 0 N–H and O–H groups in total. The summed E-state index contributed by atoms with van der Waals surface area (Å²) in [5, 5.41) is 0. The number of hydrogen-bond donors (Lipinski definition) is 0. The second kappa shape index (κ2) is 4.92. The summed E-state index contributed by atoms with van der Waals surface area (Å²) in [6.45, 7) is 1.57. The Morgan fingerprint density at radius 1 is 1.15 bits per heavy atom. The Hall–Kier alpha value is -0.140. The van der Waals surface area contributed by atoms with E-state index in [1.54, 1.807) is 6.92 Å². The average molecular weight is 190 g/mol. The molecule has 0 unspecified atom stereocenters. The summed E-state index contributed by atoms with van der Waals surface area (Å²) in [5.74, 6) is -1.82. The van der Waals surface area contributed by atoms with Crippen molar-refractivity contribution in [3.63, 3.8) is 0 Å². The van der Waals surface area contributed by atoms with E-state index in [1.165, 1.54) is 32.1 Å². The van der Waals surface area contributed by atoms with Gasteiger partial charge in [-0.3, -0.25) is 0 Å². The van der Waals surface area contributed by atoms with E-state index in [0.29, 0.717) is 5.92 Å². The maximum atomic E-state index is 12.9. The van der Waals surface area contributed by atoms with E-state index in [4.69, 9.17) is 0 Å². The van der Waals surface area contributed by atoms with Crippen molar-refractivity contribution in [2.75, 3.05) is 0 Å². The lowest BCUT2D eigenvalue weighted by molar-refractivity contribution is -0.0182. The predicted octanol–water partition coefficient (Wildman–Crippen LogP) is 4.39. The molecule has 0 saturated heterocycles. The van der Waals surface area contributed by atoms with Gasteiger partial charge in [0.2, 0.25) is 5.92 Å². The van der Waals surface area contributed by atoms with Crippen LogP contribution in [0.25, 0.3) is 0 Å². The molecular formula is C11H20F2. The van der Waals surface area contributed by atoms with Gasteiger partial charge in [-0.25, -0.2) is 8.78 Å². The first kappa shape index (κ1) is 10.9. The highest BCUT2D eigenvalue weighted by molar-refractivity contribution is 4.70. The second-order valence-corrected chi connectivity index (χ2v) is 4.25. The molecule has 0 aromatic carbocycles. The molecule has 1 rings (SSSR count). The fourth-order valence-electron chi connectivity index (χ4n) is 2.07. The minimum atomic E-state index is -2.41. The van der Waals surface area contributed by atoms with Crippen molar-refractivity contribution in [3.05, 3.63) is 0 Å². The molecule has 2 heteroatoms. The van der Waals surface area contributed by atoms with Crippen LogP contribution in [0, 0.1) is 5.92 Å². The number of hydrogen-bond acceptors (Lipinski definition) is 0. The summed E-state index contributed by atoms with van der Waals surface area (Å²) >= 11 is 0. The van der Waals surface area contributed by atoms with E-state index < -0.39 is 5.92 Å². The first-order valence-electron chi connectivity index (χ1n) is 5.52. The van der Waals surface area contributed by atoms with Crippen LogP contribution in [0.2, 0.25) is 0 Å². The fraction of sp³-hybridized carbons (Fsp3) is 1.00. The van der Waals surface area contributed by atoms with Crippen LogP contribution in [0.1, 0.15) is 58.3 Å². The smallest absolute Gasteiger partial charge is 0.207 e. The predicted molar refractivity (Wildman–Crippen MR) is 51.0 cm³/mol. The highest BCUT2D eigenvalue weighted by Crippen LogP contribution is 2.32. The third-order valence-corrected chi connectivity index (χ3v) is 3.16. The van der Waals surface area contributed by atoms with Crippen LogP contribution in [0.3, 0.4) is 0 Å². The van der Waals surface area contributed by atoms with Gasteiger partial charge >= 0.3 is 0 Å². The van der Waals surface area contributed by atoms with Gasteiger partial charge in [-0.15, -0.1) is 0 Å². The zero-order chi connectivity index (χ0) is 9.73. The monoisotopic (exact) mass is 190 g/mol. The molecular weight excluding hydrogens is 170 g/mol. The summed E-state index contributed by atoms with van der Waals surface area (Å²) in [7, 11) is 0. The molecule has 0 aliphatic heterocycles. The van der Waals surface area contributed by atoms with Crippen molar-refractivity contribution < 1.29 is 8.78 Å². The molecule has 1 fully saturated rings. The van der Waals surface area contributed by atoms with Gasteiger partial charge in [0.05, 0.1) is 0 Å². The third-order valence-electron chi connectivity index (χ3n) is 3.16. The summed E-state index contributed by atoms with van der Waals surface area (Å²) < 4.78 is 25.8. The highest BCUT2D eigenvalue weighted by atomic mass is 19.3. The van der Waals surface area contributed by atoms with Gasteiger partial charge in [0.25, 0.3) is 0 Å². The Kier molecular flexibility index (Phi) is 4.14. The molecule has 1 aliphatic carbocycles. The highest BCUT2D eigenvalue weighted by Gasteiger charge is 2.27. The topological polar surface area (TPSA) is 0 Å². The normalized spacial score (nSPS) is 20.5. The molecule has 0 bridgehead atoms. The van der Waals surface area contributed by atoms with Crippen LogP contribution in [0.4, 0.5) is 8.78 Å². The number of alkyl halides is 2. The molecule has 13 heavy (non-hydrogen) atoms. The van der Waals surface area contributed by atoms with Crippen LogP contribution in [0.15, 0.2) is 0 Å². The van der Waals surface area contributed by atoms with Crippen LogP contribution >= 0.6 is 0 Å². The van der Waals surface area contributed by atoms with Gasteiger partial charge in [-0.05, 0) is 12.3 Å². The molecule has 0 amide bonds.